The number of carbonyl (C=O) groups is 1. The molecule has 140 valence electrons. The topological polar surface area (TPSA) is 59.8 Å². The van der Waals surface area contributed by atoms with Crippen LogP contribution in [-0.2, 0) is 7.05 Å². The summed E-state index contributed by atoms with van der Waals surface area (Å²) in [6.07, 6.45) is 0. The van der Waals surface area contributed by atoms with Gasteiger partial charge in [-0.2, -0.15) is 0 Å². The lowest BCUT2D eigenvalue weighted by Gasteiger charge is -2.14. The molecule has 0 spiro atoms. The van der Waals surface area contributed by atoms with Gasteiger partial charge in [0, 0.05) is 12.6 Å². The first-order valence-electron chi connectivity index (χ1n) is 8.68. The van der Waals surface area contributed by atoms with Crippen LogP contribution in [0.2, 0.25) is 0 Å². The van der Waals surface area contributed by atoms with Crippen LogP contribution >= 0.6 is 11.8 Å². The number of thioether (sulfide) groups is 1. The number of aromatic nitrogens is 3. The summed E-state index contributed by atoms with van der Waals surface area (Å²) >= 11 is 1.60. The van der Waals surface area contributed by atoms with Gasteiger partial charge in [-0.15, -0.1) is 10.2 Å². The monoisotopic (exact) mass is 384 g/mol. The molecule has 0 aliphatic carbocycles. The zero-order chi connectivity index (χ0) is 19.4. The normalized spacial score (nSPS) is 12.0. The van der Waals surface area contributed by atoms with Crippen molar-refractivity contribution in [3.05, 3.63) is 65.7 Å². The lowest BCUT2D eigenvalue weighted by molar-refractivity contribution is 0.0937. The fourth-order valence-electron chi connectivity index (χ4n) is 2.81. The number of hydrogen-bond donors (Lipinski definition) is 1. The van der Waals surface area contributed by atoms with Crippen LogP contribution < -0.4 is 5.32 Å². The van der Waals surface area contributed by atoms with E-state index in [-0.39, 0.29) is 17.8 Å². The Morgan fingerprint density at radius 2 is 1.89 bits per heavy atom. The number of carbonyl (C=O) groups excluding carboxylic acids is 1. The van der Waals surface area contributed by atoms with Crippen molar-refractivity contribution in [3.63, 3.8) is 0 Å². The van der Waals surface area contributed by atoms with Crippen LogP contribution in [0.15, 0.2) is 53.7 Å². The average molecular weight is 384 g/mol. The van der Waals surface area contributed by atoms with Gasteiger partial charge in [0.2, 0.25) is 0 Å². The zero-order valence-corrected chi connectivity index (χ0v) is 16.3. The molecule has 7 heteroatoms. The third-order valence-corrected chi connectivity index (χ3v) is 5.06. The second-order valence-corrected chi connectivity index (χ2v) is 7.35. The molecule has 0 bridgehead atoms. The van der Waals surface area contributed by atoms with Gasteiger partial charge in [0.25, 0.3) is 5.91 Å². The van der Waals surface area contributed by atoms with E-state index in [1.807, 2.05) is 30.7 Å². The number of nitrogens with zero attached hydrogens (tertiary/aromatic N) is 3. The summed E-state index contributed by atoms with van der Waals surface area (Å²) in [6, 6.07) is 13.2. The minimum Gasteiger partial charge on any atom is -0.342 e. The molecule has 0 aliphatic rings. The Hall–Kier alpha value is -2.67. The van der Waals surface area contributed by atoms with Gasteiger partial charge in [-0.25, -0.2) is 4.39 Å². The van der Waals surface area contributed by atoms with Crippen molar-refractivity contribution in [1.82, 2.24) is 20.1 Å². The van der Waals surface area contributed by atoms with Crippen LogP contribution in [-0.4, -0.2) is 26.4 Å². The Kier molecular flexibility index (Phi) is 5.91. The third kappa shape index (κ3) is 4.36. The van der Waals surface area contributed by atoms with Gasteiger partial charge in [-0.05, 0) is 48.1 Å². The second kappa shape index (κ2) is 8.35. The first-order chi connectivity index (χ1) is 13.0. The van der Waals surface area contributed by atoms with E-state index >= 15 is 0 Å². The molecule has 0 unspecified atom stereocenters. The van der Waals surface area contributed by atoms with Gasteiger partial charge >= 0.3 is 0 Å². The minimum absolute atomic E-state index is 0.214. The number of nitrogens with one attached hydrogen (secondary N) is 1. The Labute approximate surface area is 162 Å². The predicted octanol–water partition coefficient (Wildman–Crippen LogP) is 4.22. The summed E-state index contributed by atoms with van der Waals surface area (Å²) < 4.78 is 15.4. The van der Waals surface area contributed by atoms with Gasteiger partial charge < -0.3 is 9.88 Å². The van der Waals surface area contributed by atoms with E-state index in [1.165, 1.54) is 12.1 Å². The van der Waals surface area contributed by atoms with E-state index in [4.69, 9.17) is 0 Å². The minimum atomic E-state index is -0.306. The summed E-state index contributed by atoms with van der Waals surface area (Å²) in [7, 11) is 1.89. The molecular formula is C20H21FN4OS. The molecule has 3 aromatic rings. The molecule has 0 saturated heterocycles. The van der Waals surface area contributed by atoms with E-state index in [0.29, 0.717) is 11.4 Å². The fourth-order valence-corrected chi connectivity index (χ4v) is 3.45. The number of rotatable bonds is 6. The van der Waals surface area contributed by atoms with Crippen molar-refractivity contribution in [2.75, 3.05) is 5.75 Å². The average Bonchev–Trinajstić information content (AvgIpc) is 3.03. The number of halogens is 1. The quantitative estimate of drug-likeness (QED) is 0.647. The molecular weight excluding hydrogens is 363 g/mol. The van der Waals surface area contributed by atoms with Crippen LogP contribution in [0.1, 0.15) is 36.1 Å². The zero-order valence-electron chi connectivity index (χ0n) is 15.4. The summed E-state index contributed by atoms with van der Waals surface area (Å²) in [5.41, 5.74) is 2.02. The van der Waals surface area contributed by atoms with Crippen molar-refractivity contribution >= 4 is 17.7 Å². The van der Waals surface area contributed by atoms with E-state index < -0.39 is 0 Å². The summed E-state index contributed by atoms with van der Waals surface area (Å²) in [5.74, 6) is 1.08. The Morgan fingerprint density at radius 1 is 1.19 bits per heavy atom. The highest BCUT2D eigenvalue weighted by molar-refractivity contribution is 7.99. The van der Waals surface area contributed by atoms with E-state index in [2.05, 4.69) is 22.4 Å². The number of benzene rings is 2. The Morgan fingerprint density at radius 3 is 2.59 bits per heavy atom. The molecule has 0 saturated carbocycles. The summed E-state index contributed by atoms with van der Waals surface area (Å²) in [6.45, 7) is 3.93. The summed E-state index contributed by atoms with van der Waals surface area (Å²) in [4.78, 5) is 12.7. The molecule has 1 heterocycles. The highest BCUT2D eigenvalue weighted by atomic mass is 32.2. The van der Waals surface area contributed by atoms with Gasteiger partial charge in [0.1, 0.15) is 5.82 Å². The molecule has 0 fully saturated rings. The molecule has 0 aliphatic heterocycles. The molecule has 27 heavy (non-hydrogen) atoms. The third-order valence-electron chi connectivity index (χ3n) is 4.16. The second-order valence-electron chi connectivity index (χ2n) is 6.12. The highest BCUT2D eigenvalue weighted by Crippen LogP contribution is 2.22. The van der Waals surface area contributed by atoms with Gasteiger partial charge in [0.15, 0.2) is 11.0 Å². The van der Waals surface area contributed by atoms with Crippen LogP contribution in [0.25, 0.3) is 11.1 Å². The maximum absolute atomic E-state index is 13.5. The molecule has 3 rings (SSSR count). The number of amides is 1. The van der Waals surface area contributed by atoms with Crippen LogP contribution in [0.4, 0.5) is 4.39 Å². The van der Waals surface area contributed by atoms with Gasteiger partial charge in [0.05, 0.1) is 6.04 Å². The molecule has 0 radical (unpaired) electrons. The van der Waals surface area contributed by atoms with Gasteiger partial charge in [-0.3, -0.25) is 4.79 Å². The van der Waals surface area contributed by atoms with Crippen LogP contribution in [0.5, 0.6) is 0 Å². The van der Waals surface area contributed by atoms with Crippen LogP contribution in [0.3, 0.4) is 0 Å². The number of hydrogen-bond acceptors (Lipinski definition) is 4. The van der Waals surface area contributed by atoms with Crippen molar-refractivity contribution in [2.45, 2.75) is 25.0 Å². The van der Waals surface area contributed by atoms with Crippen LogP contribution in [0, 0.1) is 5.82 Å². The van der Waals surface area contributed by atoms with E-state index in [1.54, 1.807) is 36.0 Å². The maximum atomic E-state index is 13.5. The van der Waals surface area contributed by atoms with Crippen molar-refractivity contribution in [3.8, 4) is 11.1 Å². The fraction of sp³-hybridized carbons (Fsp3) is 0.250. The largest absolute Gasteiger partial charge is 0.342 e. The highest BCUT2D eigenvalue weighted by Gasteiger charge is 2.18. The molecule has 2 aromatic carbocycles. The van der Waals surface area contributed by atoms with E-state index in [0.717, 1.165) is 22.0 Å². The van der Waals surface area contributed by atoms with Gasteiger partial charge in [-0.1, -0.05) is 43.0 Å². The van der Waals surface area contributed by atoms with E-state index in [9.17, 15) is 9.18 Å². The first-order valence-corrected chi connectivity index (χ1v) is 9.67. The maximum Gasteiger partial charge on any atom is 0.251 e. The first kappa shape index (κ1) is 19.1. The van der Waals surface area contributed by atoms with Crippen molar-refractivity contribution in [1.29, 1.82) is 0 Å². The lowest BCUT2D eigenvalue weighted by atomic mass is 10.0. The van der Waals surface area contributed by atoms with Crippen molar-refractivity contribution in [2.24, 2.45) is 7.05 Å². The molecule has 1 amide bonds. The smallest absolute Gasteiger partial charge is 0.251 e. The standard InChI is InChI=1S/C20H21FN4OS/c1-4-27-20-24-23-18(25(20)3)13(2)22-19(26)16-9-5-7-14(11-16)15-8-6-10-17(21)12-15/h5-13H,4H2,1-3H3,(H,22,26)/t13-/m1/s1. The van der Waals surface area contributed by atoms with Crippen molar-refractivity contribution < 1.29 is 9.18 Å². The SMILES string of the molecule is CCSc1nnc([C@@H](C)NC(=O)c2cccc(-c3cccc(F)c3)c2)n1C. The molecule has 5 nitrogen and oxygen atoms in total. The Balaban J connectivity index is 1.77. The molecule has 1 aromatic heterocycles. The Bertz CT molecular complexity index is 957. The molecule has 1 atom stereocenters. The predicted molar refractivity (Wildman–Crippen MR) is 105 cm³/mol. The molecule has 1 N–H and O–H groups in total. The lowest BCUT2D eigenvalue weighted by Crippen LogP contribution is -2.28. The summed E-state index contributed by atoms with van der Waals surface area (Å²) in [5, 5.41) is 12.1.